The molecule has 0 aliphatic rings. The highest BCUT2D eigenvalue weighted by Gasteiger charge is 2.17. The molecule has 6 heteroatoms. The SMILES string of the molecule is CC(C)C[C@@H]([NH3+])C(=O)N/N=C\c1ccc2nccnc2c1. The number of fused-ring (bicyclic) bond motifs is 1. The van der Waals surface area contributed by atoms with Gasteiger partial charge in [0.1, 0.15) is 0 Å². The summed E-state index contributed by atoms with van der Waals surface area (Å²) in [5, 5.41) is 3.96. The van der Waals surface area contributed by atoms with Gasteiger partial charge in [0, 0.05) is 18.8 Å². The number of hydrazone groups is 1. The number of carbonyl (C=O) groups is 1. The van der Waals surface area contributed by atoms with E-state index in [9.17, 15) is 4.79 Å². The Morgan fingerprint density at radius 3 is 2.76 bits per heavy atom. The van der Waals surface area contributed by atoms with Crippen LogP contribution in [-0.2, 0) is 4.79 Å². The van der Waals surface area contributed by atoms with Crippen molar-refractivity contribution in [3.8, 4) is 0 Å². The van der Waals surface area contributed by atoms with Gasteiger partial charge in [0.2, 0.25) is 0 Å². The molecule has 2 rings (SSSR count). The molecule has 1 atom stereocenters. The van der Waals surface area contributed by atoms with Crippen molar-refractivity contribution in [2.24, 2.45) is 11.0 Å². The van der Waals surface area contributed by atoms with Crippen LogP contribution in [0.15, 0.2) is 35.7 Å². The van der Waals surface area contributed by atoms with Gasteiger partial charge in [-0.1, -0.05) is 19.9 Å². The number of amides is 1. The van der Waals surface area contributed by atoms with Crippen molar-refractivity contribution in [3.63, 3.8) is 0 Å². The minimum absolute atomic E-state index is 0.166. The van der Waals surface area contributed by atoms with E-state index in [0.717, 1.165) is 23.0 Å². The lowest BCUT2D eigenvalue weighted by Gasteiger charge is -2.08. The molecule has 110 valence electrons. The number of carbonyl (C=O) groups excluding carboxylic acids is 1. The zero-order valence-electron chi connectivity index (χ0n) is 12.3. The predicted molar refractivity (Wildman–Crippen MR) is 81.4 cm³/mol. The molecule has 0 fully saturated rings. The molecule has 0 saturated heterocycles. The molecule has 1 amide bonds. The Balaban J connectivity index is 1.98. The van der Waals surface area contributed by atoms with Gasteiger partial charge in [-0.05, 0) is 23.6 Å². The summed E-state index contributed by atoms with van der Waals surface area (Å²) in [6.45, 7) is 4.12. The standard InChI is InChI=1S/C15H19N5O/c1-10(2)7-12(16)15(21)20-19-9-11-3-4-13-14(8-11)18-6-5-17-13/h3-6,8-10,12H,7,16H2,1-2H3,(H,20,21)/p+1/b19-9-/t12-/m1/s1. The normalized spacial score (nSPS) is 13.0. The van der Waals surface area contributed by atoms with Gasteiger partial charge in [-0.3, -0.25) is 14.8 Å². The number of aromatic nitrogens is 2. The Hall–Kier alpha value is -2.34. The van der Waals surface area contributed by atoms with Crippen molar-refractivity contribution in [1.29, 1.82) is 0 Å². The van der Waals surface area contributed by atoms with Crippen LogP contribution in [-0.4, -0.2) is 28.1 Å². The topological polar surface area (TPSA) is 94.9 Å². The largest absolute Gasteiger partial charge is 0.347 e. The van der Waals surface area contributed by atoms with Crippen LogP contribution >= 0.6 is 0 Å². The lowest BCUT2D eigenvalue weighted by molar-refractivity contribution is -0.406. The molecular weight excluding hydrogens is 266 g/mol. The average Bonchev–Trinajstić information content (AvgIpc) is 2.46. The maximum absolute atomic E-state index is 11.8. The smallest absolute Gasteiger partial charge is 0.298 e. The molecule has 2 aromatic rings. The van der Waals surface area contributed by atoms with E-state index in [1.54, 1.807) is 18.6 Å². The second-order valence-corrected chi connectivity index (χ2v) is 5.37. The number of nitrogens with one attached hydrogen (secondary N) is 1. The number of benzene rings is 1. The van der Waals surface area contributed by atoms with Crippen LogP contribution in [0, 0.1) is 5.92 Å². The summed E-state index contributed by atoms with van der Waals surface area (Å²) in [7, 11) is 0. The number of nitrogens with zero attached hydrogens (tertiary/aromatic N) is 3. The first-order valence-electron chi connectivity index (χ1n) is 6.93. The first kappa shape index (κ1) is 15.1. The monoisotopic (exact) mass is 286 g/mol. The Labute approximate surface area is 123 Å². The van der Waals surface area contributed by atoms with Crippen LogP contribution < -0.4 is 11.2 Å². The van der Waals surface area contributed by atoms with Gasteiger partial charge in [-0.15, -0.1) is 0 Å². The van der Waals surface area contributed by atoms with Crippen LogP contribution in [0.1, 0.15) is 25.8 Å². The van der Waals surface area contributed by atoms with E-state index in [0.29, 0.717) is 5.92 Å². The summed E-state index contributed by atoms with van der Waals surface area (Å²) >= 11 is 0. The highest BCUT2D eigenvalue weighted by atomic mass is 16.2. The molecule has 0 aliphatic heterocycles. The maximum atomic E-state index is 11.8. The second-order valence-electron chi connectivity index (χ2n) is 5.37. The van der Waals surface area contributed by atoms with Crippen LogP contribution in [0.3, 0.4) is 0 Å². The minimum atomic E-state index is -0.287. The zero-order chi connectivity index (χ0) is 15.2. The summed E-state index contributed by atoms with van der Waals surface area (Å²) < 4.78 is 0. The van der Waals surface area contributed by atoms with E-state index in [2.05, 4.69) is 40.1 Å². The van der Waals surface area contributed by atoms with Gasteiger partial charge in [0.25, 0.3) is 5.91 Å². The van der Waals surface area contributed by atoms with Gasteiger partial charge in [0.05, 0.1) is 17.2 Å². The minimum Gasteiger partial charge on any atom is -0.347 e. The van der Waals surface area contributed by atoms with Crippen molar-refractivity contribution in [3.05, 3.63) is 36.2 Å². The molecule has 1 aromatic carbocycles. The van der Waals surface area contributed by atoms with Crippen molar-refractivity contribution >= 4 is 23.2 Å². The van der Waals surface area contributed by atoms with Gasteiger partial charge in [-0.25, -0.2) is 5.43 Å². The fourth-order valence-corrected chi connectivity index (χ4v) is 2.00. The third-order valence-electron chi connectivity index (χ3n) is 3.01. The summed E-state index contributed by atoms with van der Waals surface area (Å²) in [6.07, 6.45) is 5.63. The molecule has 6 nitrogen and oxygen atoms in total. The highest BCUT2D eigenvalue weighted by molar-refractivity contribution is 5.88. The molecule has 0 spiro atoms. The van der Waals surface area contributed by atoms with E-state index in [1.807, 2.05) is 18.2 Å². The molecule has 0 aliphatic carbocycles. The third kappa shape index (κ3) is 4.32. The van der Waals surface area contributed by atoms with E-state index >= 15 is 0 Å². The Morgan fingerprint density at radius 2 is 2.05 bits per heavy atom. The maximum Gasteiger partial charge on any atom is 0.298 e. The van der Waals surface area contributed by atoms with E-state index < -0.39 is 0 Å². The van der Waals surface area contributed by atoms with Crippen molar-refractivity contribution in [1.82, 2.24) is 15.4 Å². The van der Waals surface area contributed by atoms with Crippen molar-refractivity contribution in [2.75, 3.05) is 0 Å². The highest BCUT2D eigenvalue weighted by Crippen LogP contribution is 2.09. The van der Waals surface area contributed by atoms with Crippen molar-refractivity contribution in [2.45, 2.75) is 26.3 Å². The lowest BCUT2D eigenvalue weighted by atomic mass is 10.0. The first-order valence-corrected chi connectivity index (χ1v) is 6.93. The molecule has 0 bridgehead atoms. The molecule has 4 N–H and O–H groups in total. The Bertz CT molecular complexity index is 653. The molecule has 1 heterocycles. The molecule has 0 radical (unpaired) electrons. The van der Waals surface area contributed by atoms with Crippen LogP contribution in [0.2, 0.25) is 0 Å². The van der Waals surface area contributed by atoms with E-state index in [1.165, 1.54) is 0 Å². The quantitative estimate of drug-likeness (QED) is 0.627. The summed E-state index contributed by atoms with van der Waals surface area (Å²) in [4.78, 5) is 20.2. The molecule has 1 aromatic heterocycles. The molecular formula is C15H20N5O+. The van der Waals surface area contributed by atoms with Gasteiger partial charge in [0.15, 0.2) is 6.04 Å². The zero-order valence-corrected chi connectivity index (χ0v) is 12.3. The average molecular weight is 286 g/mol. The number of hydrogen-bond acceptors (Lipinski definition) is 4. The molecule has 0 unspecified atom stereocenters. The van der Waals surface area contributed by atoms with Gasteiger partial charge in [-0.2, -0.15) is 5.10 Å². The van der Waals surface area contributed by atoms with Gasteiger partial charge >= 0.3 is 0 Å². The summed E-state index contributed by atoms with van der Waals surface area (Å²) in [5.41, 5.74) is 8.83. The van der Waals surface area contributed by atoms with E-state index in [-0.39, 0.29) is 11.9 Å². The van der Waals surface area contributed by atoms with Crippen LogP contribution in [0.5, 0.6) is 0 Å². The first-order chi connectivity index (χ1) is 10.1. The lowest BCUT2D eigenvalue weighted by Crippen LogP contribution is -2.67. The number of hydrogen-bond donors (Lipinski definition) is 2. The molecule has 21 heavy (non-hydrogen) atoms. The van der Waals surface area contributed by atoms with Crippen LogP contribution in [0.4, 0.5) is 0 Å². The van der Waals surface area contributed by atoms with E-state index in [4.69, 9.17) is 0 Å². The number of quaternary nitrogens is 1. The second kappa shape index (κ2) is 6.90. The Morgan fingerprint density at radius 1 is 1.33 bits per heavy atom. The molecule has 0 saturated carbocycles. The fraction of sp³-hybridized carbons (Fsp3) is 0.333. The third-order valence-corrected chi connectivity index (χ3v) is 3.01. The Kier molecular flexibility index (Phi) is 4.94. The predicted octanol–water partition coefficient (Wildman–Crippen LogP) is 0.737. The summed E-state index contributed by atoms with van der Waals surface area (Å²) in [5.74, 6) is 0.266. The van der Waals surface area contributed by atoms with Crippen molar-refractivity contribution < 1.29 is 10.5 Å². The fourth-order valence-electron chi connectivity index (χ4n) is 2.00. The van der Waals surface area contributed by atoms with Crippen LogP contribution in [0.25, 0.3) is 11.0 Å². The number of rotatable bonds is 5. The van der Waals surface area contributed by atoms with Gasteiger partial charge < -0.3 is 5.73 Å². The summed E-state index contributed by atoms with van der Waals surface area (Å²) in [6, 6.07) is 5.33.